The average Bonchev–Trinajstić information content (AvgIpc) is 2.26. The van der Waals surface area contributed by atoms with Crippen LogP contribution >= 0.6 is 0 Å². The van der Waals surface area contributed by atoms with Gasteiger partial charge in [-0.2, -0.15) is 0 Å². The van der Waals surface area contributed by atoms with Crippen molar-refractivity contribution in [3.8, 4) is 0 Å². The molecule has 1 saturated heterocycles. The highest BCUT2D eigenvalue weighted by Gasteiger charge is 2.34. The zero-order chi connectivity index (χ0) is 13.1. The molecule has 0 spiro atoms. The van der Waals surface area contributed by atoms with Crippen LogP contribution in [0.3, 0.4) is 0 Å². The number of piperidine rings is 1. The normalized spacial score (nSPS) is 18.8. The third-order valence-corrected chi connectivity index (χ3v) is 3.73. The summed E-state index contributed by atoms with van der Waals surface area (Å²) in [6.45, 7) is 11.0. The molecule has 0 saturated carbocycles. The van der Waals surface area contributed by atoms with Gasteiger partial charge < -0.3 is 10.6 Å². The second-order valence-corrected chi connectivity index (χ2v) is 6.45. The van der Waals surface area contributed by atoms with Gasteiger partial charge in [-0.1, -0.05) is 27.7 Å². The van der Waals surface area contributed by atoms with E-state index < -0.39 is 0 Å². The molecule has 0 radical (unpaired) electrons. The number of amides is 1. The maximum Gasteiger partial charge on any atom is 0.228 e. The zero-order valence-corrected chi connectivity index (χ0v) is 11.8. The van der Waals surface area contributed by atoms with Gasteiger partial charge in [0.25, 0.3) is 0 Å². The Morgan fingerprint density at radius 2 is 1.88 bits per heavy atom. The van der Waals surface area contributed by atoms with Crippen LogP contribution in [0.4, 0.5) is 0 Å². The van der Waals surface area contributed by atoms with Crippen LogP contribution in [0.15, 0.2) is 0 Å². The molecule has 1 aliphatic rings. The highest BCUT2D eigenvalue weighted by Crippen LogP contribution is 2.29. The van der Waals surface area contributed by atoms with Crippen molar-refractivity contribution in [3.63, 3.8) is 0 Å². The summed E-state index contributed by atoms with van der Waals surface area (Å²) >= 11 is 0. The fourth-order valence-electron chi connectivity index (χ4n) is 2.91. The van der Waals surface area contributed by atoms with Crippen LogP contribution in [0.5, 0.6) is 0 Å². The Morgan fingerprint density at radius 1 is 1.35 bits per heavy atom. The Morgan fingerprint density at radius 3 is 2.29 bits per heavy atom. The summed E-state index contributed by atoms with van der Waals surface area (Å²) in [5, 5.41) is 0. The number of rotatable bonds is 4. The Balaban J connectivity index is 2.53. The first-order valence-corrected chi connectivity index (χ1v) is 6.86. The van der Waals surface area contributed by atoms with Gasteiger partial charge in [0.2, 0.25) is 5.91 Å². The molecule has 0 atom stereocenters. The molecule has 1 aliphatic heterocycles. The molecule has 1 amide bonds. The van der Waals surface area contributed by atoms with E-state index in [0.29, 0.717) is 17.7 Å². The third-order valence-electron chi connectivity index (χ3n) is 3.73. The van der Waals surface area contributed by atoms with Crippen molar-refractivity contribution in [2.24, 2.45) is 23.0 Å². The van der Waals surface area contributed by atoms with E-state index in [4.69, 9.17) is 5.73 Å². The first kappa shape index (κ1) is 14.5. The maximum absolute atomic E-state index is 12.4. The number of likely N-dealkylation sites (tertiary alicyclic amines) is 1. The van der Waals surface area contributed by atoms with Crippen molar-refractivity contribution in [1.82, 2.24) is 4.90 Å². The zero-order valence-electron chi connectivity index (χ0n) is 11.8. The lowest BCUT2D eigenvalue weighted by Gasteiger charge is -2.37. The van der Waals surface area contributed by atoms with E-state index in [0.717, 1.165) is 38.9 Å². The Bertz CT molecular complexity index is 253. The molecule has 0 unspecified atom stereocenters. The summed E-state index contributed by atoms with van der Waals surface area (Å²) in [5.41, 5.74) is 5.45. The quantitative estimate of drug-likeness (QED) is 0.819. The predicted octanol–water partition coefficient (Wildman–Crippen LogP) is 2.26. The number of nitrogens with two attached hydrogens (primary N) is 1. The molecule has 0 aromatic carbocycles. The fourth-order valence-corrected chi connectivity index (χ4v) is 2.91. The minimum Gasteiger partial charge on any atom is -0.342 e. The van der Waals surface area contributed by atoms with Crippen molar-refractivity contribution in [2.75, 3.05) is 19.6 Å². The summed E-state index contributed by atoms with van der Waals surface area (Å²) in [4.78, 5) is 14.5. The van der Waals surface area contributed by atoms with Gasteiger partial charge in [0.05, 0.1) is 0 Å². The number of carbonyl (C=O) groups is 1. The molecular weight excluding hydrogens is 212 g/mol. The number of hydrogen-bond acceptors (Lipinski definition) is 2. The van der Waals surface area contributed by atoms with Gasteiger partial charge in [-0.25, -0.2) is 0 Å². The van der Waals surface area contributed by atoms with E-state index in [2.05, 4.69) is 27.7 Å². The lowest BCUT2D eigenvalue weighted by atomic mass is 9.82. The SMILES string of the molecule is CC(C)CC(C)(C)C(=O)N1CCC(CN)CC1. The smallest absolute Gasteiger partial charge is 0.228 e. The predicted molar refractivity (Wildman–Crippen MR) is 71.6 cm³/mol. The van der Waals surface area contributed by atoms with Crippen molar-refractivity contribution in [2.45, 2.75) is 47.0 Å². The molecule has 0 bridgehead atoms. The molecule has 1 rings (SSSR count). The van der Waals surface area contributed by atoms with Crippen LogP contribution < -0.4 is 5.73 Å². The van der Waals surface area contributed by atoms with Crippen molar-refractivity contribution in [3.05, 3.63) is 0 Å². The second kappa shape index (κ2) is 5.85. The van der Waals surface area contributed by atoms with Crippen molar-refractivity contribution in [1.29, 1.82) is 0 Å². The van der Waals surface area contributed by atoms with E-state index in [1.54, 1.807) is 0 Å². The molecular formula is C14H28N2O. The summed E-state index contributed by atoms with van der Waals surface area (Å²) in [6, 6.07) is 0. The van der Waals surface area contributed by atoms with Gasteiger partial charge >= 0.3 is 0 Å². The van der Waals surface area contributed by atoms with Gasteiger partial charge in [0.1, 0.15) is 0 Å². The standard InChI is InChI=1S/C14H28N2O/c1-11(2)9-14(3,4)13(17)16-7-5-12(10-15)6-8-16/h11-12H,5-10,15H2,1-4H3. The number of nitrogens with zero attached hydrogens (tertiary/aromatic N) is 1. The minimum atomic E-state index is -0.219. The Hall–Kier alpha value is -0.570. The first-order valence-electron chi connectivity index (χ1n) is 6.86. The molecule has 100 valence electrons. The number of carbonyl (C=O) groups excluding carboxylic acids is 1. The molecule has 17 heavy (non-hydrogen) atoms. The van der Waals surface area contributed by atoms with Crippen molar-refractivity contribution < 1.29 is 4.79 Å². The topological polar surface area (TPSA) is 46.3 Å². The van der Waals surface area contributed by atoms with Gasteiger partial charge in [-0.15, -0.1) is 0 Å². The van der Waals surface area contributed by atoms with E-state index in [1.807, 2.05) is 4.90 Å². The molecule has 0 aromatic rings. The molecule has 3 heteroatoms. The summed E-state index contributed by atoms with van der Waals surface area (Å²) in [7, 11) is 0. The minimum absolute atomic E-state index is 0.219. The van der Waals surface area contributed by atoms with Crippen LogP contribution in [-0.2, 0) is 4.79 Å². The molecule has 3 nitrogen and oxygen atoms in total. The number of hydrogen-bond donors (Lipinski definition) is 1. The molecule has 2 N–H and O–H groups in total. The van der Waals surface area contributed by atoms with Gasteiger partial charge in [-0.3, -0.25) is 4.79 Å². The van der Waals surface area contributed by atoms with Gasteiger partial charge in [-0.05, 0) is 37.6 Å². The summed E-state index contributed by atoms with van der Waals surface area (Å²) in [6.07, 6.45) is 3.10. The monoisotopic (exact) mass is 240 g/mol. The Labute approximate surface area is 106 Å². The van der Waals surface area contributed by atoms with Gasteiger partial charge in [0, 0.05) is 18.5 Å². The van der Waals surface area contributed by atoms with E-state index in [9.17, 15) is 4.79 Å². The lowest BCUT2D eigenvalue weighted by Crippen LogP contribution is -2.46. The second-order valence-electron chi connectivity index (χ2n) is 6.45. The summed E-state index contributed by atoms with van der Waals surface area (Å²) in [5.74, 6) is 1.50. The molecule has 1 fully saturated rings. The molecule has 1 heterocycles. The van der Waals surface area contributed by atoms with E-state index in [1.165, 1.54) is 0 Å². The average molecular weight is 240 g/mol. The highest BCUT2D eigenvalue weighted by molar-refractivity contribution is 5.82. The fraction of sp³-hybridized carbons (Fsp3) is 0.929. The third kappa shape index (κ3) is 3.98. The molecule has 0 aliphatic carbocycles. The highest BCUT2D eigenvalue weighted by atomic mass is 16.2. The summed E-state index contributed by atoms with van der Waals surface area (Å²) < 4.78 is 0. The van der Waals surface area contributed by atoms with Crippen LogP contribution in [0.2, 0.25) is 0 Å². The van der Waals surface area contributed by atoms with Crippen LogP contribution in [0.1, 0.15) is 47.0 Å². The van der Waals surface area contributed by atoms with Crippen LogP contribution in [-0.4, -0.2) is 30.4 Å². The maximum atomic E-state index is 12.4. The van der Waals surface area contributed by atoms with E-state index in [-0.39, 0.29) is 5.41 Å². The van der Waals surface area contributed by atoms with Gasteiger partial charge in [0.15, 0.2) is 0 Å². The largest absolute Gasteiger partial charge is 0.342 e. The first-order chi connectivity index (χ1) is 7.86. The van der Waals surface area contributed by atoms with Crippen LogP contribution in [0.25, 0.3) is 0 Å². The Kier molecular flexibility index (Phi) is 4.99. The lowest BCUT2D eigenvalue weighted by molar-refractivity contribution is -0.142. The van der Waals surface area contributed by atoms with Crippen molar-refractivity contribution >= 4 is 5.91 Å². The molecule has 0 aromatic heterocycles. The van der Waals surface area contributed by atoms with Crippen LogP contribution in [0, 0.1) is 17.3 Å². The van der Waals surface area contributed by atoms with E-state index >= 15 is 0 Å².